The Hall–Kier alpha value is -1.66. The van der Waals surface area contributed by atoms with Gasteiger partial charge < -0.3 is 20.1 Å². The Morgan fingerprint density at radius 2 is 2.14 bits per heavy atom. The molecule has 2 saturated heterocycles. The monoisotopic (exact) mass is 294 g/mol. The van der Waals surface area contributed by atoms with Crippen LogP contribution in [0.25, 0.3) is 0 Å². The van der Waals surface area contributed by atoms with Gasteiger partial charge in [0.05, 0.1) is 19.1 Å². The van der Waals surface area contributed by atoms with E-state index in [1.807, 2.05) is 0 Å². The van der Waals surface area contributed by atoms with Crippen molar-refractivity contribution >= 4 is 11.7 Å². The lowest BCUT2D eigenvalue weighted by Gasteiger charge is -2.32. The molecular formula is C15H19FN2O3. The zero-order valence-corrected chi connectivity index (χ0v) is 11.7. The lowest BCUT2D eigenvalue weighted by molar-refractivity contribution is -0.141. The van der Waals surface area contributed by atoms with E-state index in [1.54, 1.807) is 6.07 Å². The molecule has 2 aliphatic rings. The van der Waals surface area contributed by atoms with Crippen LogP contribution in [0.2, 0.25) is 0 Å². The van der Waals surface area contributed by atoms with E-state index in [0.29, 0.717) is 26.2 Å². The van der Waals surface area contributed by atoms with Crippen LogP contribution in [-0.2, 0) is 9.53 Å². The molecule has 5 nitrogen and oxygen atoms in total. The molecule has 0 radical (unpaired) electrons. The minimum Gasteiger partial charge on any atom is -0.481 e. The van der Waals surface area contributed by atoms with Crippen molar-refractivity contribution in [2.75, 3.05) is 37.7 Å². The topological polar surface area (TPSA) is 61.8 Å². The maximum absolute atomic E-state index is 13.6. The van der Waals surface area contributed by atoms with Crippen LogP contribution in [0.3, 0.4) is 0 Å². The summed E-state index contributed by atoms with van der Waals surface area (Å²) >= 11 is 0. The SMILES string of the molecule is O=C(O)C1CNC(c2ccc(F)cc2N2CCOCC2)C1. The summed E-state index contributed by atoms with van der Waals surface area (Å²) in [5, 5.41) is 12.4. The zero-order chi connectivity index (χ0) is 14.8. The number of hydrogen-bond donors (Lipinski definition) is 2. The van der Waals surface area contributed by atoms with Gasteiger partial charge in [0.15, 0.2) is 0 Å². The summed E-state index contributed by atoms with van der Waals surface area (Å²) in [6.45, 7) is 3.18. The van der Waals surface area contributed by atoms with Crippen molar-refractivity contribution in [3.63, 3.8) is 0 Å². The lowest BCUT2D eigenvalue weighted by atomic mass is 9.98. The number of halogens is 1. The Balaban J connectivity index is 1.86. The summed E-state index contributed by atoms with van der Waals surface area (Å²) in [5.41, 5.74) is 1.82. The zero-order valence-electron chi connectivity index (χ0n) is 11.7. The first-order valence-corrected chi connectivity index (χ1v) is 7.23. The summed E-state index contributed by atoms with van der Waals surface area (Å²) in [4.78, 5) is 13.2. The lowest BCUT2D eigenvalue weighted by Crippen LogP contribution is -2.37. The quantitative estimate of drug-likeness (QED) is 0.882. The number of nitrogens with one attached hydrogen (secondary N) is 1. The first kappa shape index (κ1) is 14.3. The molecule has 1 aromatic carbocycles. The fraction of sp³-hybridized carbons (Fsp3) is 0.533. The Labute approximate surface area is 122 Å². The van der Waals surface area contributed by atoms with Gasteiger partial charge in [-0.05, 0) is 24.1 Å². The minimum absolute atomic E-state index is 0.0375. The van der Waals surface area contributed by atoms with Crippen molar-refractivity contribution in [1.82, 2.24) is 5.32 Å². The molecule has 2 N–H and O–H groups in total. The van der Waals surface area contributed by atoms with E-state index in [9.17, 15) is 9.18 Å². The van der Waals surface area contributed by atoms with Gasteiger partial charge in [-0.1, -0.05) is 6.07 Å². The minimum atomic E-state index is -0.778. The van der Waals surface area contributed by atoms with E-state index in [-0.39, 0.29) is 17.8 Å². The van der Waals surface area contributed by atoms with E-state index in [4.69, 9.17) is 9.84 Å². The number of morpholine rings is 1. The molecule has 2 aliphatic heterocycles. The summed E-state index contributed by atoms with van der Waals surface area (Å²) in [6, 6.07) is 4.71. The summed E-state index contributed by atoms with van der Waals surface area (Å²) < 4.78 is 19.0. The highest BCUT2D eigenvalue weighted by molar-refractivity contribution is 5.71. The van der Waals surface area contributed by atoms with E-state index in [1.165, 1.54) is 12.1 Å². The van der Waals surface area contributed by atoms with Crippen LogP contribution < -0.4 is 10.2 Å². The van der Waals surface area contributed by atoms with Crippen molar-refractivity contribution in [1.29, 1.82) is 0 Å². The summed E-state index contributed by atoms with van der Waals surface area (Å²) in [6.07, 6.45) is 0.540. The van der Waals surface area contributed by atoms with Crippen molar-refractivity contribution in [2.45, 2.75) is 12.5 Å². The average molecular weight is 294 g/mol. The van der Waals surface area contributed by atoms with Crippen LogP contribution in [0.4, 0.5) is 10.1 Å². The fourth-order valence-corrected chi connectivity index (χ4v) is 3.05. The predicted octanol–water partition coefficient (Wildman–Crippen LogP) is 1.40. The molecule has 0 saturated carbocycles. The van der Waals surface area contributed by atoms with E-state index in [0.717, 1.165) is 24.3 Å². The van der Waals surface area contributed by atoms with Gasteiger partial charge >= 0.3 is 5.97 Å². The van der Waals surface area contributed by atoms with Crippen molar-refractivity contribution in [3.05, 3.63) is 29.6 Å². The highest BCUT2D eigenvalue weighted by atomic mass is 19.1. The molecule has 0 spiro atoms. The molecule has 114 valence electrons. The molecule has 0 bridgehead atoms. The van der Waals surface area contributed by atoms with Gasteiger partial charge in [0, 0.05) is 31.4 Å². The first-order chi connectivity index (χ1) is 10.1. The van der Waals surface area contributed by atoms with Crippen LogP contribution >= 0.6 is 0 Å². The molecule has 2 fully saturated rings. The Morgan fingerprint density at radius 1 is 1.38 bits per heavy atom. The number of rotatable bonds is 3. The second kappa shape index (κ2) is 5.99. The summed E-state index contributed by atoms with van der Waals surface area (Å²) in [7, 11) is 0. The first-order valence-electron chi connectivity index (χ1n) is 7.23. The molecule has 2 heterocycles. The van der Waals surface area contributed by atoms with Gasteiger partial charge in [-0.25, -0.2) is 4.39 Å². The molecular weight excluding hydrogens is 275 g/mol. The molecule has 2 unspecified atom stereocenters. The molecule has 0 amide bonds. The number of hydrogen-bond acceptors (Lipinski definition) is 4. The number of anilines is 1. The van der Waals surface area contributed by atoms with Crippen LogP contribution in [0.15, 0.2) is 18.2 Å². The molecule has 0 aromatic heterocycles. The van der Waals surface area contributed by atoms with Crippen molar-refractivity contribution in [2.24, 2.45) is 5.92 Å². The second-order valence-electron chi connectivity index (χ2n) is 5.53. The smallest absolute Gasteiger partial charge is 0.307 e. The Kier molecular flexibility index (Phi) is 4.07. The van der Waals surface area contributed by atoms with E-state index < -0.39 is 5.97 Å². The Bertz CT molecular complexity index is 532. The number of benzene rings is 1. The van der Waals surface area contributed by atoms with Gasteiger partial charge in [-0.15, -0.1) is 0 Å². The number of carboxylic acid groups (broad SMARTS) is 1. The van der Waals surface area contributed by atoms with Gasteiger partial charge in [0.2, 0.25) is 0 Å². The van der Waals surface area contributed by atoms with Gasteiger partial charge in [-0.3, -0.25) is 4.79 Å². The van der Waals surface area contributed by atoms with Gasteiger partial charge in [-0.2, -0.15) is 0 Å². The second-order valence-corrected chi connectivity index (χ2v) is 5.53. The predicted molar refractivity (Wildman–Crippen MR) is 75.9 cm³/mol. The number of carbonyl (C=O) groups is 1. The number of ether oxygens (including phenoxy) is 1. The van der Waals surface area contributed by atoms with Gasteiger partial charge in [0.1, 0.15) is 5.82 Å². The maximum Gasteiger partial charge on any atom is 0.307 e. The molecule has 2 atom stereocenters. The third-order valence-electron chi connectivity index (χ3n) is 4.20. The third kappa shape index (κ3) is 3.01. The van der Waals surface area contributed by atoms with E-state index >= 15 is 0 Å². The number of nitrogens with zero attached hydrogens (tertiary/aromatic N) is 1. The number of aliphatic carboxylic acids is 1. The van der Waals surface area contributed by atoms with Crippen molar-refractivity contribution in [3.8, 4) is 0 Å². The normalized spacial score (nSPS) is 26.0. The van der Waals surface area contributed by atoms with Crippen LogP contribution in [0.1, 0.15) is 18.0 Å². The molecule has 6 heteroatoms. The third-order valence-corrected chi connectivity index (χ3v) is 4.20. The largest absolute Gasteiger partial charge is 0.481 e. The molecule has 1 aromatic rings. The molecule has 0 aliphatic carbocycles. The van der Waals surface area contributed by atoms with Crippen molar-refractivity contribution < 1.29 is 19.0 Å². The maximum atomic E-state index is 13.6. The molecule has 3 rings (SSSR count). The van der Waals surface area contributed by atoms with Crippen LogP contribution in [0, 0.1) is 11.7 Å². The summed E-state index contributed by atoms with van der Waals surface area (Å²) in [5.74, 6) is -1.43. The Morgan fingerprint density at radius 3 is 2.81 bits per heavy atom. The van der Waals surface area contributed by atoms with E-state index in [2.05, 4.69) is 10.2 Å². The van der Waals surface area contributed by atoms with Crippen LogP contribution in [-0.4, -0.2) is 43.9 Å². The fourth-order valence-electron chi connectivity index (χ4n) is 3.05. The van der Waals surface area contributed by atoms with Crippen LogP contribution in [0.5, 0.6) is 0 Å². The number of carboxylic acids is 1. The average Bonchev–Trinajstić information content (AvgIpc) is 2.98. The van der Waals surface area contributed by atoms with Gasteiger partial charge in [0.25, 0.3) is 0 Å². The highest BCUT2D eigenvalue weighted by Crippen LogP contribution is 2.34. The standard InChI is InChI=1S/C15H19FN2O3/c16-11-1-2-12(13-7-10(9-17-13)15(19)20)14(8-11)18-3-5-21-6-4-18/h1-2,8,10,13,17H,3-7,9H2,(H,19,20). The molecule has 21 heavy (non-hydrogen) atoms. The highest BCUT2D eigenvalue weighted by Gasteiger charge is 2.32.